The zero-order valence-corrected chi connectivity index (χ0v) is 11.3. The van der Waals surface area contributed by atoms with Gasteiger partial charge in [0.05, 0.1) is 10.7 Å². The third-order valence-electron chi connectivity index (χ3n) is 3.72. The molecule has 0 heterocycles. The summed E-state index contributed by atoms with van der Waals surface area (Å²) in [5.74, 6) is 0.538. The smallest absolute Gasteiger partial charge is 0.251 e. The highest BCUT2D eigenvalue weighted by atomic mass is 35.5. The summed E-state index contributed by atoms with van der Waals surface area (Å²) in [5, 5.41) is 3.53. The van der Waals surface area contributed by atoms with Crippen LogP contribution in [0.2, 0.25) is 5.02 Å². The molecule has 0 aliphatic heterocycles. The van der Waals surface area contributed by atoms with E-state index in [1.165, 1.54) is 25.7 Å². The maximum absolute atomic E-state index is 12.1. The van der Waals surface area contributed by atoms with Crippen LogP contribution in [0.15, 0.2) is 18.2 Å². The maximum Gasteiger partial charge on any atom is 0.251 e. The van der Waals surface area contributed by atoms with E-state index in [1.54, 1.807) is 18.2 Å². The van der Waals surface area contributed by atoms with Crippen molar-refractivity contribution in [2.45, 2.75) is 38.6 Å². The number of halogens is 1. The van der Waals surface area contributed by atoms with Gasteiger partial charge in [-0.15, -0.1) is 0 Å². The van der Waals surface area contributed by atoms with Gasteiger partial charge in [-0.3, -0.25) is 4.79 Å². The number of nitrogen functional groups attached to an aromatic ring is 1. The number of anilines is 1. The Labute approximate surface area is 113 Å². The number of benzene rings is 1. The van der Waals surface area contributed by atoms with E-state index in [4.69, 9.17) is 17.3 Å². The van der Waals surface area contributed by atoms with Crippen molar-refractivity contribution < 1.29 is 4.79 Å². The fraction of sp³-hybridized carbons (Fsp3) is 0.500. The van der Waals surface area contributed by atoms with Gasteiger partial charge in [0.2, 0.25) is 0 Å². The summed E-state index contributed by atoms with van der Waals surface area (Å²) < 4.78 is 0. The van der Waals surface area contributed by atoms with Gasteiger partial charge in [-0.25, -0.2) is 0 Å². The van der Waals surface area contributed by atoms with Crippen LogP contribution >= 0.6 is 11.6 Å². The van der Waals surface area contributed by atoms with Gasteiger partial charge in [0.1, 0.15) is 0 Å². The number of nitrogens with two attached hydrogens (primary N) is 1. The van der Waals surface area contributed by atoms with E-state index < -0.39 is 0 Å². The van der Waals surface area contributed by atoms with E-state index in [0.717, 1.165) is 0 Å². The predicted octanol–water partition coefficient (Wildman–Crippen LogP) is 3.23. The minimum Gasteiger partial charge on any atom is -0.398 e. The number of nitrogens with one attached hydrogen (secondary N) is 1. The van der Waals surface area contributed by atoms with E-state index in [0.29, 0.717) is 22.2 Å². The minimum absolute atomic E-state index is 0.0715. The molecule has 1 aromatic carbocycles. The molecule has 0 bridgehead atoms. The molecule has 1 atom stereocenters. The number of amides is 1. The molecule has 1 amide bonds. The zero-order chi connectivity index (χ0) is 13.1. The molecule has 3 N–H and O–H groups in total. The lowest BCUT2D eigenvalue weighted by Crippen LogP contribution is -2.37. The van der Waals surface area contributed by atoms with Crippen LogP contribution in [-0.2, 0) is 0 Å². The van der Waals surface area contributed by atoms with E-state index in [-0.39, 0.29) is 11.9 Å². The molecule has 1 aliphatic rings. The first-order chi connectivity index (χ1) is 8.58. The number of rotatable bonds is 3. The summed E-state index contributed by atoms with van der Waals surface area (Å²) in [6.45, 7) is 2.08. The van der Waals surface area contributed by atoms with Crippen molar-refractivity contribution in [1.29, 1.82) is 0 Å². The molecule has 0 saturated heterocycles. The second-order valence-electron chi connectivity index (χ2n) is 5.04. The topological polar surface area (TPSA) is 55.1 Å². The second kappa shape index (κ2) is 5.61. The van der Waals surface area contributed by atoms with Crippen molar-refractivity contribution in [3.8, 4) is 0 Å². The first-order valence-electron chi connectivity index (χ1n) is 6.44. The second-order valence-corrected chi connectivity index (χ2v) is 5.45. The largest absolute Gasteiger partial charge is 0.398 e. The SMILES string of the molecule is C[C@@H](NC(=O)c1ccc(Cl)c(N)c1)C1CCCC1. The van der Waals surface area contributed by atoms with Crippen molar-refractivity contribution in [1.82, 2.24) is 5.32 Å². The standard InChI is InChI=1S/C14H19ClN2O/c1-9(10-4-2-3-5-10)17-14(18)11-6-7-12(15)13(16)8-11/h6-10H,2-5,16H2,1H3,(H,17,18)/t9-/m1/s1. The van der Waals surface area contributed by atoms with Crippen molar-refractivity contribution in [2.24, 2.45) is 5.92 Å². The third-order valence-corrected chi connectivity index (χ3v) is 4.07. The molecule has 1 aromatic rings. The summed E-state index contributed by atoms with van der Waals surface area (Å²) in [7, 11) is 0. The maximum atomic E-state index is 12.1. The van der Waals surface area contributed by atoms with Crippen molar-refractivity contribution in [3.63, 3.8) is 0 Å². The Morgan fingerprint density at radius 2 is 2.11 bits per heavy atom. The Kier molecular flexibility index (Phi) is 4.12. The zero-order valence-electron chi connectivity index (χ0n) is 10.6. The normalized spacial score (nSPS) is 17.7. The highest BCUT2D eigenvalue weighted by molar-refractivity contribution is 6.33. The lowest BCUT2D eigenvalue weighted by atomic mass is 9.99. The molecule has 18 heavy (non-hydrogen) atoms. The van der Waals surface area contributed by atoms with Gasteiger partial charge < -0.3 is 11.1 Å². The van der Waals surface area contributed by atoms with Crippen LogP contribution < -0.4 is 11.1 Å². The Hall–Kier alpha value is -1.22. The average molecular weight is 267 g/mol. The summed E-state index contributed by atoms with van der Waals surface area (Å²) in [6, 6.07) is 5.21. The number of hydrogen-bond donors (Lipinski definition) is 2. The molecular formula is C14H19ClN2O. The average Bonchev–Trinajstić information content (AvgIpc) is 2.86. The molecule has 1 fully saturated rings. The van der Waals surface area contributed by atoms with Crippen LogP contribution in [-0.4, -0.2) is 11.9 Å². The van der Waals surface area contributed by atoms with Gasteiger partial charge in [-0.1, -0.05) is 24.4 Å². The van der Waals surface area contributed by atoms with Gasteiger partial charge in [0.25, 0.3) is 5.91 Å². The van der Waals surface area contributed by atoms with Crippen LogP contribution in [0.5, 0.6) is 0 Å². The molecule has 0 spiro atoms. The fourth-order valence-corrected chi connectivity index (χ4v) is 2.67. The molecular weight excluding hydrogens is 248 g/mol. The monoisotopic (exact) mass is 266 g/mol. The summed E-state index contributed by atoms with van der Waals surface area (Å²) in [5.41, 5.74) is 6.71. The molecule has 0 unspecified atom stereocenters. The summed E-state index contributed by atoms with van der Waals surface area (Å²) in [4.78, 5) is 12.1. The minimum atomic E-state index is -0.0715. The van der Waals surface area contributed by atoms with Gasteiger partial charge in [-0.2, -0.15) is 0 Å². The number of carbonyl (C=O) groups is 1. The van der Waals surface area contributed by atoms with Crippen molar-refractivity contribution in [2.75, 3.05) is 5.73 Å². The van der Waals surface area contributed by atoms with Gasteiger partial charge in [0.15, 0.2) is 0 Å². The molecule has 0 aromatic heterocycles. The fourth-order valence-electron chi connectivity index (χ4n) is 2.55. The van der Waals surface area contributed by atoms with Crippen molar-refractivity contribution >= 4 is 23.2 Å². The van der Waals surface area contributed by atoms with Gasteiger partial charge in [0, 0.05) is 11.6 Å². The van der Waals surface area contributed by atoms with E-state index in [9.17, 15) is 4.79 Å². The molecule has 4 heteroatoms. The van der Waals surface area contributed by atoms with E-state index in [1.807, 2.05) is 0 Å². The molecule has 1 saturated carbocycles. The lowest BCUT2D eigenvalue weighted by Gasteiger charge is -2.20. The highest BCUT2D eigenvalue weighted by Gasteiger charge is 2.23. The number of hydrogen-bond acceptors (Lipinski definition) is 2. The number of carbonyl (C=O) groups excluding carboxylic acids is 1. The first kappa shape index (κ1) is 13.2. The molecule has 1 aliphatic carbocycles. The Balaban J connectivity index is 2.00. The highest BCUT2D eigenvalue weighted by Crippen LogP contribution is 2.27. The van der Waals surface area contributed by atoms with Crippen LogP contribution in [0.1, 0.15) is 43.0 Å². The van der Waals surface area contributed by atoms with Gasteiger partial charge >= 0.3 is 0 Å². The first-order valence-corrected chi connectivity index (χ1v) is 6.81. The molecule has 2 rings (SSSR count). The Morgan fingerprint density at radius 3 is 2.72 bits per heavy atom. The van der Waals surface area contributed by atoms with Gasteiger partial charge in [-0.05, 0) is 43.9 Å². The van der Waals surface area contributed by atoms with Crippen LogP contribution in [0.3, 0.4) is 0 Å². The van der Waals surface area contributed by atoms with Crippen LogP contribution in [0, 0.1) is 5.92 Å². The quantitative estimate of drug-likeness (QED) is 0.826. The Morgan fingerprint density at radius 1 is 1.44 bits per heavy atom. The van der Waals surface area contributed by atoms with Crippen molar-refractivity contribution in [3.05, 3.63) is 28.8 Å². The van der Waals surface area contributed by atoms with E-state index in [2.05, 4.69) is 12.2 Å². The molecule has 98 valence electrons. The van der Waals surface area contributed by atoms with Crippen LogP contribution in [0.25, 0.3) is 0 Å². The summed E-state index contributed by atoms with van der Waals surface area (Å²) >= 11 is 5.84. The third kappa shape index (κ3) is 2.96. The molecule has 3 nitrogen and oxygen atoms in total. The lowest BCUT2D eigenvalue weighted by molar-refractivity contribution is 0.0927. The molecule has 0 radical (unpaired) electrons. The summed E-state index contributed by atoms with van der Waals surface area (Å²) in [6.07, 6.45) is 4.98. The van der Waals surface area contributed by atoms with E-state index >= 15 is 0 Å². The predicted molar refractivity (Wildman–Crippen MR) is 74.8 cm³/mol. The van der Waals surface area contributed by atoms with Crippen LogP contribution in [0.4, 0.5) is 5.69 Å². The Bertz CT molecular complexity index is 441.